The van der Waals surface area contributed by atoms with Crippen molar-refractivity contribution in [2.24, 2.45) is 0 Å². The Hall–Kier alpha value is -1.99. The first-order valence-corrected chi connectivity index (χ1v) is 10.8. The number of aryl methyl sites for hydroxylation is 1. The van der Waals surface area contributed by atoms with E-state index in [0.29, 0.717) is 11.6 Å². The van der Waals surface area contributed by atoms with Gasteiger partial charge in [0.2, 0.25) is 0 Å². The molecule has 7 heteroatoms. The number of amides is 1. The first-order valence-electron chi connectivity index (χ1n) is 9.64. The molecule has 1 amide bonds. The lowest BCUT2D eigenvalue weighted by Crippen LogP contribution is -3.28. The third-order valence-corrected chi connectivity index (χ3v) is 6.55. The normalized spacial score (nSPS) is 19.6. The topological polar surface area (TPSA) is 50.9 Å². The second-order valence-electron chi connectivity index (χ2n) is 7.44. The van der Waals surface area contributed by atoms with E-state index in [2.05, 4.69) is 23.5 Å². The van der Waals surface area contributed by atoms with Gasteiger partial charge in [-0.05, 0) is 42.8 Å². The number of piperazine rings is 1. The predicted octanol–water partition coefficient (Wildman–Crippen LogP) is 1.18. The van der Waals surface area contributed by atoms with Crippen LogP contribution in [0.5, 0.6) is 0 Å². The van der Waals surface area contributed by atoms with Crippen LogP contribution in [-0.2, 0) is 11.3 Å². The number of carbonyl (C=O) groups is 1. The summed E-state index contributed by atoms with van der Waals surface area (Å²) in [6.45, 7) is 7.59. The van der Waals surface area contributed by atoms with Crippen LogP contribution in [0, 0.1) is 6.92 Å². The largest absolute Gasteiger partial charge is 0.321 e. The summed E-state index contributed by atoms with van der Waals surface area (Å²) in [5, 5.41) is 4.91. The first-order chi connectivity index (χ1) is 13.6. The molecule has 0 spiro atoms. The maximum Gasteiger partial charge on any atom is 0.279 e. The summed E-state index contributed by atoms with van der Waals surface area (Å²) in [5.74, 6) is 0.0649. The molecule has 1 fully saturated rings. The number of thiazole rings is 1. The minimum Gasteiger partial charge on any atom is -0.321 e. The SMILES string of the molecule is Cc1cc(Cl)ccc1NC(=O)C[NH+]1CC[NH+](Cc2nc3ccccc3s2)CC1. The number of aromatic nitrogens is 1. The van der Waals surface area contributed by atoms with Gasteiger partial charge in [0, 0.05) is 10.7 Å². The molecule has 2 heterocycles. The van der Waals surface area contributed by atoms with Gasteiger partial charge in [0.25, 0.3) is 5.91 Å². The number of para-hydroxylation sites is 1. The van der Waals surface area contributed by atoms with Gasteiger partial charge < -0.3 is 15.1 Å². The molecule has 3 aromatic rings. The van der Waals surface area contributed by atoms with Crippen LogP contribution in [0.3, 0.4) is 0 Å². The Bertz CT molecular complexity index is 948. The van der Waals surface area contributed by atoms with Crippen molar-refractivity contribution < 1.29 is 14.6 Å². The van der Waals surface area contributed by atoms with Crippen LogP contribution in [-0.4, -0.2) is 43.6 Å². The second kappa shape index (κ2) is 8.57. The summed E-state index contributed by atoms with van der Waals surface area (Å²) in [4.78, 5) is 20.1. The van der Waals surface area contributed by atoms with E-state index in [1.54, 1.807) is 22.3 Å². The maximum absolute atomic E-state index is 12.4. The maximum atomic E-state index is 12.4. The smallest absolute Gasteiger partial charge is 0.279 e. The standard InChI is InChI=1S/C21H23ClN4OS/c1-15-12-16(22)6-7-17(15)23-20(27)13-25-8-10-26(11-9-25)14-21-24-18-4-2-3-5-19(18)28-21/h2-7,12H,8-11,13-14H2,1H3,(H,23,27)/p+2. The molecule has 5 nitrogen and oxygen atoms in total. The van der Waals surface area contributed by atoms with Gasteiger partial charge in [-0.1, -0.05) is 23.7 Å². The van der Waals surface area contributed by atoms with Gasteiger partial charge in [-0.15, -0.1) is 11.3 Å². The second-order valence-corrected chi connectivity index (χ2v) is 8.99. The van der Waals surface area contributed by atoms with E-state index < -0.39 is 0 Å². The Morgan fingerprint density at radius 2 is 1.89 bits per heavy atom. The van der Waals surface area contributed by atoms with Gasteiger partial charge >= 0.3 is 0 Å². The molecule has 146 valence electrons. The third-order valence-electron chi connectivity index (χ3n) is 5.28. The number of nitrogens with zero attached hydrogens (tertiary/aromatic N) is 1. The molecular formula is C21H25ClN4OS+2. The summed E-state index contributed by atoms with van der Waals surface area (Å²) < 4.78 is 1.26. The number of hydrogen-bond acceptors (Lipinski definition) is 3. The number of fused-ring (bicyclic) bond motifs is 1. The van der Waals surface area contributed by atoms with Gasteiger partial charge in [0.05, 0.1) is 10.2 Å². The van der Waals surface area contributed by atoms with Crippen LogP contribution in [0.4, 0.5) is 5.69 Å². The number of hydrogen-bond donors (Lipinski definition) is 3. The van der Waals surface area contributed by atoms with Crippen LogP contribution >= 0.6 is 22.9 Å². The monoisotopic (exact) mass is 416 g/mol. The van der Waals surface area contributed by atoms with E-state index in [0.717, 1.165) is 49.5 Å². The van der Waals surface area contributed by atoms with Crippen LogP contribution in [0.1, 0.15) is 10.6 Å². The van der Waals surface area contributed by atoms with Crippen molar-refractivity contribution in [3.8, 4) is 0 Å². The van der Waals surface area contributed by atoms with Gasteiger partial charge in [-0.2, -0.15) is 0 Å². The zero-order valence-corrected chi connectivity index (χ0v) is 17.5. The van der Waals surface area contributed by atoms with E-state index in [4.69, 9.17) is 16.6 Å². The molecule has 0 saturated carbocycles. The van der Waals surface area contributed by atoms with E-state index >= 15 is 0 Å². The molecular weight excluding hydrogens is 392 g/mol. The van der Waals surface area contributed by atoms with E-state index in [-0.39, 0.29) is 5.91 Å². The Balaban J connectivity index is 1.26. The molecule has 3 N–H and O–H groups in total. The highest BCUT2D eigenvalue weighted by Crippen LogP contribution is 2.21. The number of benzene rings is 2. The quantitative estimate of drug-likeness (QED) is 0.585. The van der Waals surface area contributed by atoms with Crippen molar-refractivity contribution in [3.05, 3.63) is 58.1 Å². The van der Waals surface area contributed by atoms with Crippen molar-refractivity contribution in [2.75, 3.05) is 38.0 Å². The lowest BCUT2D eigenvalue weighted by Gasteiger charge is -2.28. The summed E-state index contributed by atoms with van der Waals surface area (Å²) in [6.07, 6.45) is 0. The van der Waals surface area contributed by atoms with Gasteiger partial charge in [0.15, 0.2) is 6.54 Å². The van der Waals surface area contributed by atoms with Gasteiger partial charge in [0.1, 0.15) is 37.7 Å². The molecule has 0 unspecified atom stereocenters. The highest BCUT2D eigenvalue weighted by Gasteiger charge is 2.25. The van der Waals surface area contributed by atoms with Gasteiger partial charge in [-0.25, -0.2) is 4.98 Å². The average Bonchev–Trinajstić information content (AvgIpc) is 3.08. The molecule has 0 bridgehead atoms. The van der Waals surface area contributed by atoms with Crippen LogP contribution < -0.4 is 15.1 Å². The Morgan fingerprint density at radius 1 is 1.14 bits per heavy atom. The summed E-state index contributed by atoms with van der Waals surface area (Å²) in [5.41, 5.74) is 2.93. The van der Waals surface area contributed by atoms with Gasteiger partial charge in [-0.3, -0.25) is 4.79 Å². The lowest BCUT2D eigenvalue weighted by molar-refractivity contribution is -1.01. The number of quaternary nitrogens is 2. The van der Waals surface area contributed by atoms with Crippen LogP contribution in [0.2, 0.25) is 5.02 Å². The average molecular weight is 417 g/mol. The molecule has 0 aliphatic carbocycles. The fourth-order valence-electron chi connectivity index (χ4n) is 3.71. The van der Waals surface area contributed by atoms with Crippen molar-refractivity contribution in [1.29, 1.82) is 0 Å². The highest BCUT2D eigenvalue weighted by molar-refractivity contribution is 7.18. The molecule has 28 heavy (non-hydrogen) atoms. The molecule has 0 radical (unpaired) electrons. The van der Waals surface area contributed by atoms with E-state index in [9.17, 15) is 4.79 Å². The fraction of sp³-hybridized carbons (Fsp3) is 0.333. The number of anilines is 1. The third kappa shape index (κ3) is 4.70. The molecule has 4 rings (SSSR count). The number of carbonyl (C=O) groups excluding carboxylic acids is 1. The predicted molar refractivity (Wildman–Crippen MR) is 114 cm³/mol. The Kier molecular flexibility index (Phi) is 5.92. The molecule has 1 aliphatic rings. The molecule has 1 saturated heterocycles. The number of rotatable bonds is 5. The molecule has 1 aliphatic heterocycles. The van der Waals surface area contributed by atoms with E-state index in [1.807, 2.05) is 25.1 Å². The highest BCUT2D eigenvalue weighted by atomic mass is 35.5. The van der Waals surface area contributed by atoms with Crippen molar-refractivity contribution in [2.45, 2.75) is 13.5 Å². The zero-order valence-electron chi connectivity index (χ0n) is 15.9. The molecule has 1 aromatic heterocycles. The summed E-state index contributed by atoms with van der Waals surface area (Å²) in [7, 11) is 0. The zero-order chi connectivity index (χ0) is 19.5. The first kappa shape index (κ1) is 19.3. The minimum absolute atomic E-state index is 0.0649. The molecule has 2 aromatic carbocycles. The van der Waals surface area contributed by atoms with E-state index in [1.165, 1.54) is 14.6 Å². The molecule has 0 atom stereocenters. The summed E-state index contributed by atoms with van der Waals surface area (Å²) >= 11 is 7.77. The minimum atomic E-state index is 0.0649. The van der Waals surface area contributed by atoms with Crippen LogP contribution in [0.25, 0.3) is 10.2 Å². The van der Waals surface area contributed by atoms with Crippen LogP contribution in [0.15, 0.2) is 42.5 Å². The lowest BCUT2D eigenvalue weighted by atomic mass is 10.2. The fourth-order valence-corrected chi connectivity index (χ4v) is 4.97. The number of halogens is 1. The number of nitrogens with one attached hydrogen (secondary N) is 3. The van der Waals surface area contributed by atoms with Crippen molar-refractivity contribution in [3.63, 3.8) is 0 Å². The Labute approximate surface area is 173 Å². The van der Waals surface area contributed by atoms with Crippen molar-refractivity contribution >= 4 is 44.7 Å². The summed E-state index contributed by atoms with van der Waals surface area (Å²) in [6, 6.07) is 13.9. The van der Waals surface area contributed by atoms with Crippen molar-refractivity contribution in [1.82, 2.24) is 4.98 Å². The Morgan fingerprint density at radius 3 is 2.64 bits per heavy atom.